The first-order valence-electron chi connectivity index (χ1n) is 5.44. The number of rotatable bonds is 4. The summed E-state index contributed by atoms with van der Waals surface area (Å²) in [5, 5.41) is 0. The van der Waals surface area contributed by atoms with Gasteiger partial charge in [0.25, 0.3) is 0 Å². The number of hydrogen-bond acceptors (Lipinski definition) is 4. The van der Waals surface area contributed by atoms with Gasteiger partial charge in [0.2, 0.25) is 0 Å². The molecule has 0 aliphatic carbocycles. The fourth-order valence-corrected chi connectivity index (χ4v) is 1.53. The van der Waals surface area contributed by atoms with Crippen LogP contribution in [0.4, 0.5) is 8.78 Å². The Morgan fingerprint density at radius 3 is 2.32 bits per heavy atom. The number of halogens is 2. The van der Waals surface area contributed by atoms with Crippen LogP contribution in [0, 0.1) is 11.6 Å². The molecular formula is C13H10F2N2O2. The summed E-state index contributed by atoms with van der Waals surface area (Å²) >= 11 is 0. The summed E-state index contributed by atoms with van der Waals surface area (Å²) in [5.41, 5.74) is -0.0910. The predicted octanol–water partition coefficient (Wildman–Crippen LogP) is 2.19. The molecule has 0 bridgehead atoms. The number of benzene rings is 1. The van der Waals surface area contributed by atoms with Crippen molar-refractivity contribution in [1.29, 1.82) is 0 Å². The molecule has 0 aliphatic rings. The minimum atomic E-state index is -0.747. The van der Waals surface area contributed by atoms with Gasteiger partial charge < -0.3 is 4.74 Å². The van der Waals surface area contributed by atoms with Gasteiger partial charge in [0.1, 0.15) is 11.6 Å². The van der Waals surface area contributed by atoms with E-state index in [1.54, 1.807) is 0 Å². The normalized spacial score (nSPS) is 10.3. The first kappa shape index (κ1) is 13.1. The van der Waals surface area contributed by atoms with E-state index in [9.17, 15) is 13.6 Å². The third-order valence-corrected chi connectivity index (χ3v) is 2.53. The molecule has 0 atom stereocenters. The summed E-state index contributed by atoms with van der Waals surface area (Å²) in [5.74, 6) is -1.96. The van der Waals surface area contributed by atoms with E-state index in [2.05, 4.69) is 9.97 Å². The first-order valence-corrected chi connectivity index (χ1v) is 5.44. The van der Waals surface area contributed by atoms with Crippen molar-refractivity contribution in [2.75, 3.05) is 7.11 Å². The number of aromatic nitrogens is 2. The highest BCUT2D eigenvalue weighted by Gasteiger charge is 2.15. The minimum Gasteiger partial charge on any atom is -0.467 e. The average molecular weight is 264 g/mol. The van der Waals surface area contributed by atoms with Gasteiger partial charge in [-0.25, -0.2) is 18.7 Å². The van der Waals surface area contributed by atoms with Gasteiger partial charge in [-0.3, -0.25) is 4.79 Å². The molecule has 1 heterocycles. The quantitative estimate of drug-likeness (QED) is 0.794. The summed E-state index contributed by atoms with van der Waals surface area (Å²) in [6.45, 7) is 0. The molecule has 0 aliphatic heterocycles. The lowest BCUT2D eigenvalue weighted by Crippen LogP contribution is -2.08. The molecule has 6 heteroatoms. The highest BCUT2D eigenvalue weighted by molar-refractivity contribution is 5.97. The number of ether oxygens (including phenoxy) is 1. The monoisotopic (exact) mass is 264 g/mol. The Hall–Kier alpha value is -2.37. The zero-order valence-electron chi connectivity index (χ0n) is 10.1. The number of carbonyl (C=O) groups is 1. The van der Waals surface area contributed by atoms with Gasteiger partial charge in [0.05, 0.1) is 12.7 Å². The molecule has 0 amide bonds. The van der Waals surface area contributed by atoms with Crippen molar-refractivity contribution >= 4 is 5.78 Å². The lowest BCUT2D eigenvalue weighted by molar-refractivity contribution is 0.0989. The second kappa shape index (κ2) is 5.51. The fourth-order valence-electron chi connectivity index (χ4n) is 1.53. The second-order valence-electron chi connectivity index (χ2n) is 3.76. The van der Waals surface area contributed by atoms with Crippen molar-refractivity contribution in [2.45, 2.75) is 6.42 Å². The summed E-state index contributed by atoms with van der Waals surface area (Å²) in [4.78, 5) is 19.4. The molecular weight excluding hydrogens is 254 g/mol. The van der Waals surface area contributed by atoms with E-state index in [4.69, 9.17) is 4.74 Å². The van der Waals surface area contributed by atoms with Gasteiger partial charge in [-0.05, 0) is 12.1 Å². The minimum absolute atomic E-state index is 0.119. The average Bonchev–Trinajstić information content (AvgIpc) is 2.43. The Kier molecular flexibility index (Phi) is 3.79. The molecule has 0 saturated heterocycles. The Morgan fingerprint density at radius 1 is 1.21 bits per heavy atom. The number of nitrogens with zero attached hydrogens (tertiary/aromatic N) is 2. The summed E-state index contributed by atoms with van der Waals surface area (Å²) < 4.78 is 31.6. The summed E-state index contributed by atoms with van der Waals surface area (Å²) in [6, 6.07) is 3.58. The topological polar surface area (TPSA) is 52.1 Å². The molecule has 0 fully saturated rings. The van der Waals surface area contributed by atoms with E-state index < -0.39 is 17.4 Å². The van der Waals surface area contributed by atoms with Gasteiger partial charge in [0, 0.05) is 24.4 Å². The molecule has 4 nitrogen and oxygen atoms in total. The van der Waals surface area contributed by atoms with Crippen molar-refractivity contribution < 1.29 is 18.3 Å². The van der Waals surface area contributed by atoms with Crippen LogP contribution in [0.15, 0.2) is 30.6 Å². The second-order valence-corrected chi connectivity index (χ2v) is 3.76. The van der Waals surface area contributed by atoms with Gasteiger partial charge in [-0.1, -0.05) is 6.07 Å². The van der Waals surface area contributed by atoms with E-state index in [1.165, 1.54) is 25.6 Å². The van der Waals surface area contributed by atoms with Gasteiger partial charge in [-0.2, -0.15) is 0 Å². The summed E-state index contributed by atoms with van der Waals surface area (Å²) in [6.07, 6.45) is 2.13. The molecule has 1 aromatic heterocycles. The lowest BCUT2D eigenvalue weighted by atomic mass is 10.0. The number of carbonyl (C=O) groups excluding carboxylic acids is 1. The van der Waals surface area contributed by atoms with Gasteiger partial charge in [-0.15, -0.1) is 0 Å². The first-order chi connectivity index (χ1) is 9.11. The number of Topliss-reactive ketones (excluding diaryl/α,β-unsaturated/α-hetero) is 1. The third-order valence-electron chi connectivity index (χ3n) is 2.53. The van der Waals surface area contributed by atoms with Crippen LogP contribution in [0.1, 0.15) is 15.9 Å². The van der Waals surface area contributed by atoms with Crippen LogP contribution in [0.25, 0.3) is 0 Å². The number of methoxy groups -OCH3 is 1. The highest BCUT2D eigenvalue weighted by atomic mass is 19.1. The maximum Gasteiger partial charge on any atom is 0.316 e. The standard InChI is InChI=1S/C13H10F2N2O2/c1-19-13-16-6-8(7-17-13)12(18)5-9-10(14)3-2-4-11(9)15/h2-4,6-7H,5H2,1H3. The molecule has 98 valence electrons. The van der Waals surface area contributed by atoms with Crippen molar-refractivity contribution in [2.24, 2.45) is 0 Å². The van der Waals surface area contributed by atoms with Gasteiger partial charge >= 0.3 is 6.01 Å². The maximum atomic E-state index is 13.4. The number of hydrogen-bond donors (Lipinski definition) is 0. The molecule has 0 spiro atoms. The van der Waals surface area contributed by atoms with Crippen molar-refractivity contribution in [1.82, 2.24) is 9.97 Å². The molecule has 2 rings (SSSR count). The van der Waals surface area contributed by atoms with Crippen molar-refractivity contribution in [3.05, 3.63) is 53.4 Å². The Labute approximate surface area is 108 Å². The van der Waals surface area contributed by atoms with Crippen LogP contribution in [-0.4, -0.2) is 22.9 Å². The largest absolute Gasteiger partial charge is 0.467 e. The van der Waals surface area contributed by atoms with Gasteiger partial charge in [0.15, 0.2) is 5.78 Å². The van der Waals surface area contributed by atoms with Crippen LogP contribution >= 0.6 is 0 Å². The van der Waals surface area contributed by atoms with Crippen molar-refractivity contribution in [3.8, 4) is 6.01 Å². The molecule has 1 aromatic carbocycles. The van der Waals surface area contributed by atoms with Crippen LogP contribution in [-0.2, 0) is 6.42 Å². The van der Waals surface area contributed by atoms with E-state index in [0.717, 1.165) is 12.1 Å². The Bertz CT molecular complexity index is 580. The maximum absolute atomic E-state index is 13.4. The SMILES string of the molecule is COc1ncc(C(=O)Cc2c(F)cccc2F)cn1. The molecule has 2 aromatic rings. The highest BCUT2D eigenvalue weighted by Crippen LogP contribution is 2.15. The Balaban J connectivity index is 2.20. The van der Waals surface area contributed by atoms with Crippen LogP contribution in [0.2, 0.25) is 0 Å². The molecule has 0 N–H and O–H groups in total. The van der Waals surface area contributed by atoms with E-state index in [1.807, 2.05) is 0 Å². The van der Waals surface area contributed by atoms with Crippen LogP contribution in [0.3, 0.4) is 0 Å². The number of ketones is 1. The van der Waals surface area contributed by atoms with Crippen LogP contribution in [0.5, 0.6) is 6.01 Å². The molecule has 0 unspecified atom stereocenters. The smallest absolute Gasteiger partial charge is 0.316 e. The van der Waals surface area contributed by atoms with E-state index in [0.29, 0.717) is 0 Å². The summed E-state index contributed by atoms with van der Waals surface area (Å²) in [7, 11) is 1.39. The van der Waals surface area contributed by atoms with E-state index >= 15 is 0 Å². The zero-order valence-corrected chi connectivity index (χ0v) is 10.1. The predicted molar refractivity (Wildman–Crippen MR) is 63.0 cm³/mol. The fraction of sp³-hybridized carbons (Fsp3) is 0.154. The zero-order chi connectivity index (χ0) is 13.8. The molecule has 19 heavy (non-hydrogen) atoms. The third kappa shape index (κ3) is 2.90. The molecule has 0 saturated carbocycles. The lowest BCUT2D eigenvalue weighted by Gasteiger charge is -2.04. The van der Waals surface area contributed by atoms with Crippen LogP contribution < -0.4 is 4.74 Å². The Morgan fingerprint density at radius 2 is 1.79 bits per heavy atom. The van der Waals surface area contributed by atoms with E-state index in [-0.39, 0.29) is 23.6 Å². The molecule has 0 radical (unpaired) electrons. The van der Waals surface area contributed by atoms with Crippen molar-refractivity contribution in [3.63, 3.8) is 0 Å².